The highest BCUT2D eigenvalue weighted by Gasteiger charge is 2.19. The predicted octanol–water partition coefficient (Wildman–Crippen LogP) is 0.300. The SMILES string of the molecule is CC(C)(C)OC(=O)CN1CCOCCOCCNCCOCCOCC1. The second kappa shape index (κ2) is 14.3. The van der Waals surface area contributed by atoms with Gasteiger partial charge in [-0.05, 0) is 20.8 Å². The van der Waals surface area contributed by atoms with Crippen LogP contribution in [-0.2, 0) is 28.5 Å². The predicted molar refractivity (Wildman–Crippen MR) is 98.4 cm³/mol. The summed E-state index contributed by atoms with van der Waals surface area (Å²) in [5.41, 5.74) is -0.482. The second-order valence-electron chi connectivity index (χ2n) is 7.06. The van der Waals surface area contributed by atoms with E-state index < -0.39 is 5.60 Å². The summed E-state index contributed by atoms with van der Waals surface area (Å²) < 4.78 is 27.6. The molecule has 0 atom stereocenters. The van der Waals surface area contributed by atoms with Gasteiger partial charge in [0.15, 0.2) is 0 Å². The van der Waals surface area contributed by atoms with Gasteiger partial charge in [0.1, 0.15) is 5.60 Å². The number of carbonyl (C=O) groups excluding carboxylic acids is 1. The fourth-order valence-corrected chi connectivity index (χ4v) is 2.27. The summed E-state index contributed by atoms with van der Waals surface area (Å²) in [7, 11) is 0. The van der Waals surface area contributed by atoms with Crippen LogP contribution in [-0.4, -0.2) is 102 Å². The zero-order chi connectivity index (χ0) is 19.1. The maximum Gasteiger partial charge on any atom is 0.320 e. The van der Waals surface area contributed by atoms with Crippen LogP contribution in [0.4, 0.5) is 0 Å². The molecule has 1 aliphatic heterocycles. The van der Waals surface area contributed by atoms with Crippen LogP contribution in [0.25, 0.3) is 0 Å². The van der Waals surface area contributed by atoms with Crippen LogP contribution in [0, 0.1) is 0 Å². The molecule has 0 bridgehead atoms. The molecule has 1 rings (SSSR count). The first kappa shape index (κ1) is 23.3. The molecule has 8 heteroatoms. The van der Waals surface area contributed by atoms with E-state index in [0.717, 1.165) is 13.1 Å². The average molecular weight is 376 g/mol. The molecule has 0 unspecified atom stereocenters. The van der Waals surface area contributed by atoms with E-state index in [4.69, 9.17) is 23.7 Å². The third-order valence-corrected chi connectivity index (χ3v) is 3.47. The Kier molecular flexibility index (Phi) is 12.8. The molecule has 8 nitrogen and oxygen atoms in total. The van der Waals surface area contributed by atoms with Crippen molar-refractivity contribution in [3.05, 3.63) is 0 Å². The second-order valence-corrected chi connectivity index (χ2v) is 7.06. The normalized spacial score (nSPS) is 21.5. The number of rotatable bonds is 2. The molecular formula is C18H36N2O6. The van der Waals surface area contributed by atoms with Crippen molar-refractivity contribution in [2.45, 2.75) is 26.4 Å². The maximum atomic E-state index is 12.1. The third-order valence-electron chi connectivity index (χ3n) is 3.47. The molecular weight excluding hydrogens is 340 g/mol. The molecule has 1 aliphatic rings. The van der Waals surface area contributed by atoms with Crippen LogP contribution >= 0.6 is 0 Å². The van der Waals surface area contributed by atoms with Gasteiger partial charge in [-0.15, -0.1) is 0 Å². The Labute approximate surface area is 157 Å². The van der Waals surface area contributed by atoms with E-state index in [1.54, 1.807) is 0 Å². The minimum Gasteiger partial charge on any atom is -0.459 e. The molecule has 0 amide bonds. The van der Waals surface area contributed by atoms with Gasteiger partial charge in [-0.1, -0.05) is 0 Å². The number of ether oxygens (including phenoxy) is 5. The zero-order valence-electron chi connectivity index (χ0n) is 16.6. The van der Waals surface area contributed by atoms with Gasteiger partial charge in [0.2, 0.25) is 0 Å². The summed E-state index contributed by atoms with van der Waals surface area (Å²) in [6, 6.07) is 0. The van der Waals surface area contributed by atoms with Gasteiger partial charge in [0.05, 0.1) is 59.4 Å². The molecule has 0 saturated carbocycles. The van der Waals surface area contributed by atoms with Crippen LogP contribution in [0.3, 0.4) is 0 Å². The van der Waals surface area contributed by atoms with E-state index in [9.17, 15) is 4.79 Å². The van der Waals surface area contributed by atoms with Crippen molar-refractivity contribution >= 4 is 5.97 Å². The van der Waals surface area contributed by atoms with Gasteiger partial charge in [-0.2, -0.15) is 0 Å². The van der Waals surface area contributed by atoms with Crippen molar-refractivity contribution < 1.29 is 28.5 Å². The lowest BCUT2D eigenvalue weighted by Gasteiger charge is -2.25. The minimum absolute atomic E-state index is 0.225. The summed E-state index contributed by atoms with van der Waals surface area (Å²) in [5.74, 6) is -0.237. The number of carbonyl (C=O) groups is 1. The monoisotopic (exact) mass is 376 g/mol. The quantitative estimate of drug-likeness (QED) is 0.690. The van der Waals surface area contributed by atoms with Gasteiger partial charge in [0.25, 0.3) is 0 Å². The highest BCUT2D eigenvalue weighted by Crippen LogP contribution is 2.07. The topological polar surface area (TPSA) is 78.5 Å². The molecule has 0 aromatic carbocycles. The van der Waals surface area contributed by atoms with Crippen LogP contribution in [0.15, 0.2) is 0 Å². The van der Waals surface area contributed by atoms with Crippen molar-refractivity contribution in [2.24, 2.45) is 0 Å². The van der Waals surface area contributed by atoms with Gasteiger partial charge in [0, 0.05) is 26.2 Å². The molecule has 1 fully saturated rings. The van der Waals surface area contributed by atoms with E-state index in [-0.39, 0.29) is 12.5 Å². The van der Waals surface area contributed by atoms with E-state index in [2.05, 4.69) is 5.32 Å². The zero-order valence-corrected chi connectivity index (χ0v) is 16.6. The minimum atomic E-state index is -0.482. The van der Waals surface area contributed by atoms with Gasteiger partial charge in [-0.3, -0.25) is 9.69 Å². The van der Waals surface area contributed by atoms with E-state index in [1.807, 2.05) is 25.7 Å². The van der Waals surface area contributed by atoms with Crippen LogP contribution in [0.5, 0.6) is 0 Å². The van der Waals surface area contributed by atoms with Gasteiger partial charge in [-0.25, -0.2) is 0 Å². The van der Waals surface area contributed by atoms with Crippen molar-refractivity contribution in [2.75, 3.05) is 85.6 Å². The molecule has 26 heavy (non-hydrogen) atoms. The average Bonchev–Trinajstić information content (AvgIpc) is 2.54. The Morgan fingerprint density at radius 1 is 0.846 bits per heavy atom. The summed E-state index contributed by atoms with van der Waals surface area (Å²) in [5, 5.41) is 3.25. The molecule has 0 aromatic heterocycles. The number of nitrogens with one attached hydrogen (secondary N) is 1. The fourth-order valence-electron chi connectivity index (χ4n) is 2.27. The molecule has 1 saturated heterocycles. The summed E-state index contributed by atoms with van der Waals surface area (Å²) in [6.45, 7) is 13.3. The van der Waals surface area contributed by atoms with Crippen molar-refractivity contribution in [1.82, 2.24) is 10.2 Å². The Morgan fingerprint density at radius 2 is 1.31 bits per heavy atom. The fraction of sp³-hybridized carbons (Fsp3) is 0.944. The first-order valence-corrected chi connectivity index (χ1v) is 9.43. The number of esters is 1. The largest absolute Gasteiger partial charge is 0.459 e. The molecule has 0 radical (unpaired) electrons. The van der Waals surface area contributed by atoms with E-state index in [1.165, 1.54) is 0 Å². The Hall–Kier alpha value is -0.770. The number of hydrogen-bond acceptors (Lipinski definition) is 8. The highest BCUT2D eigenvalue weighted by atomic mass is 16.6. The first-order valence-electron chi connectivity index (χ1n) is 9.43. The van der Waals surface area contributed by atoms with Crippen molar-refractivity contribution in [3.63, 3.8) is 0 Å². The van der Waals surface area contributed by atoms with E-state index >= 15 is 0 Å². The van der Waals surface area contributed by atoms with Crippen LogP contribution in [0.2, 0.25) is 0 Å². The maximum absolute atomic E-state index is 12.1. The molecule has 0 aliphatic carbocycles. The number of hydrogen-bond donors (Lipinski definition) is 1. The molecule has 154 valence electrons. The summed E-state index contributed by atoms with van der Waals surface area (Å²) >= 11 is 0. The summed E-state index contributed by atoms with van der Waals surface area (Å²) in [4.78, 5) is 14.1. The van der Waals surface area contributed by atoms with Crippen molar-refractivity contribution in [1.29, 1.82) is 0 Å². The van der Waals surface area contributed by atoms with Gasteiger partial charge < -0.3 is 29.0 Å². The highest BCUT2D eigenvalue weighted by molar-refractivity contribution is 5.72. The lowest BCUT2D eigenvalue weighted by molar-refractivity contribution is -0.156. The lowest BCUT2D eigenvalue weighted by atomic mass is 10.2. The Balaban J connectivity index is 2.37. The molecule has 1 N–H and O–H groups in total. The lowest BCUT2D eigenvalue weighted by Crippen LogP contribution is -2.38. The third kappa shape index (κ3) is 14.4. The van der Waals surface area contributed by atoms with E-state index in [0.29, 0.717) is 65.9 Å². The van der Waals surface area contributed by atoms with Crippen LogP contribution in [0.1, 0.15) is 20.8 Å². The Bertz CT molecular complexity index is 344. The molecule has 0 aromatic rings. The molecule has 0 spiro atoms. The smallest absolute Gasteiger partial charge is 0.320 e. The number of nitrogens with zero attached hydrogens (tertiary/aromatic N) is 1. The Morgan fingerprint density at radius 3 is 1.77 bits per heavy atom. The standard InChI is InChI=1S/C18H36N2O6/c1-18(2,3)26-17(21)16-20-6-10-24-14-12-22-8-4-19-5-9-23-13-15-25-11-7-20/h19H,4-16H2,1-3H3. The molecule has 1 heterocycles. The van der Waals surface area contributed by atoms with Gasteiger partial charge >= 0.3 is 5.97 Å². The first-order chi connectivity index (χ1) is 12.5. The van der Waals surface area contributed by atoms with Crippen LogP contribution < -0.4 is 5.32 Å². The van der Waals surface area contributed by atoms with Crippen molar-refractivity contribution in [3.8, 4) is 0 Å². The summed E-state index contributed by atoms with van der Waals surface area (Å²) in [6.07, 6.45) is 0.